The molecular weight excluding hydrogens is 237 g/mol. The van der Waals surface area contributed by atoms with Gasteiger partial charge in [0.15, 0.2) is 0 Å². The summed E-state index contributed by atoms with van der Waals surface area (Å²) in [5.74, 6) is 0.00701. The van der Waals surface area contributed by atoms with Crippen molar-refractivity contribution in [2.75, 3.05) is 7.11 Å². The summed E-state index contributed by atoms with van der Waals surface area (Å²) >= 11 is 3.20. The van der Waals surface area contributed by atoms with Crippen molar-refractivity contribution >= 4 is 15.9 Å². The van der Waals surface area contributed by atoms with Gasteiger partial charge in [0.1, 0.15) is 17.6 Å². The van der Waals surface area contributed by atoms with Crippen molar-refractivity contribution in [2.24, 2.45) is 0 Å². The lowest BCUT2D eigenvalue weighted by molar-refractivity contribution is 0.410. The van der Waals surface area contributed by atoms with Crippen LogP contribution in [0.15, 0.2) is 12.1 Å². The van der Waals surface area contributed by atoms with Crippen molar-refractivity contribution in [3.63, 3.8) is 0 Å². The van der Waals surface area contributed by atoms with E-state index in [0.29, 0.717) is 16.6 Å². The molecule has 0 saturated carbocycles. The molecule has 0 aliphatic rings. The van der Waals surface area contributed by atoms with Crippen molar-refractivity contribution in [1.29, 1.82) is 5.26 Å². The van der Waals surface area contributed by atoms with Crippen LogP contribution in [0, 0.1) is 17.1 Å². The number of methoxy groups -OCH3 is 1. The molecule has 2 nitrogen and oxygen atoms in total. The second-order valence-electron chi connectivity index (χ2n) is 2.39. The zero-order valence-corrected chi connectivity index (χ0v) is 8.56. The Morgan fingerprint density at radius 1 is 1.62 bits per heavy atom. The zero-order chi connectivity index (χ0) is 9.84. The minimum atomic E-state index is -0.516. The van der Waals surface area contributed by atoms with E-state index in [1.807, 2.05) is 0 Å². The lowest BCUT2D eigenvalue weighted by Gasteiger charge is -2.06. The van der Waals surface area contributed by atoms with Crippen LogP contribution in [0.2, 0.25) is 0 Å². The smallest absolute Gasteiger partial charge is 0.141 e. The van der Waals surface area contributed by atoms with Gasteiger partial charge in [0.25, 0.3) is 0 Å². The molecule has 68 valence electrons. The van der Waals surface area contributed by atoms with E-state index < -0.39 is 5.82 Å². The maximum Gasteiger partial charge on any atom is 0.141 e. The minimum absolute atomic E-state index is 0.00144. The van der Waals surface area contributed by atoms with Crippen molar-refractivity contribution < 1.29 is 9.13 Å². The number of ether oxygens (including phenoxy) is 1. The lowest BCUT2D eigenvalue weighted by Crippen LogP contribution is -1.93. The van der Waals surface area contributed by atoms with E-state index in [9.17, 15) is 4.39 Å². The highest BCUT2D eigenvalue weighted by Gasteiger charge is 2.08. The predicted molar refractivity (Wildman–Crippen MR) is 50.3 cm³/mol. The molecule has 0 unspecified atom stereocenters. The third-order valence-corrected chi connectivity index (χ3v) is 2.24. The zero-order valence-electron chi connectivity index (χ0n) is 6.97. The number of halogens is 2. The SMILES string of the molecule is COc1cc(C#N)c(F)cc1CBr. The van der Waals surface area contributed by atoms with E-state index in [1.165, 1.54) is 19.2 Å². The molecule has 1 rings (SSSR count). The fourth-order valence-corrected chi connectivity index (χ4v) is 1.41. The van der Waals surface area contributed by atoms with Gasteiger partial charge in [-0.25, -0.2) is 4.39 Å². The molecule has 0 aliphatic carbocycles. The molecule has 0 atom stereocenters. The standard InChI is InChI=1S/C9H7BrFNO/c1-13-9-3-7(5-12)8(11)2-6(9)4-10/h2-3H,4H2,1H3. The number of alkyl halides is 1. The Labute approximate surface area is 84.1 Å². The van der Waals surface area contributed by atoms with Crippen molar-refractivity contribution in [1.82, 2.24) is 0 Å². The van der Waals surface area contributed by atoms with E-state index >= 15 is 0 Å². The Kier molecular flexibility index (Phi) is 3.26. The van der Waals surface area contributed by atoms with Crippen LogP contribution in [0.3, 0.4) is 0 Å². The van der Waals surface area contributed by atoms with Crippen LogP contribution in [0.4, 0.5) is 4.39 Å². The molecule has 1 aromatic rings. The fourth-order valence-electron chi connectivity index (χ4n) is 0.975. The Hall–Kier alpha value is -1.08. The molecular formula is C9H7BrFNO. The first-order chi connectivity index (χ1) is 6.22. The second kappa shape index (κ2) is 4.24. The number of nitriles is 1. The van der Waals surface area contributed by atoms with Gasteiger partial charge in [-0.15, -0.1) is 0 Å². The summed E-state index contributed by atoms with van der Waals surface area (Å²) in [6, 6.07) is 4.44. The molecule has 1 aromatic carbocycles. The molecule has 0 fully saturated rings. The largest absolute Gasteiger partial charge is 0.496 e. The maximum atomic E-state index is 13.1. The summed E-state index contributed by atoms with van der Waals surface area (Å²) in [6.07, 6.45) is 0. The van der Waals surface area contributed by atoms with Crippen molar-refractivity contribution in [2.45, 2.75) is 5.33 Å². The first-order valence-electron chi connectivity index (χ1n) is 3.55. The Morgan fingerprint density at radius 3 is 2.77 bits per heavy atom. The highest BCUT2D eigenvalue weighted by atomic mass is 79.9. The summed E-state index contributed by atoms with van der Waals surface area (Å²) in [6.45, 7) is 0. The number of benzene rings is 1. The highest BCUT2D eigenvalue weighted by molar-refractivity contribution is 9.08. The van der Waals surface area contributed by atoms with Gasteiger partial charge < -0.3 is 4.74 Å². The van der Waals surface area contributed by atoms with Crippen LogP contribution >= 0.6 is 15.9 Å². The molecule has 0 heterocycles. The first-order valence-corrected chi connectivity index (χ1v) is 4.67. The van der Waals surface area contributed by atoms with Gasteiger partial charge in [-0.05, 0) is 6.07 Å². The van der Waals surface area contributed by atoms with Crippen LogP contribution in [0.25, 0.3) is 0 Å². The van der Waals surface area contributed by atoms with Crippen LogP contribution < -0.4 is 4.74 Å². The van der Waals surface area contributed by atoms with Gasteiger partial charge in [-0.1, -0.05) is 15.9 Å². The lowest BCUT2D eigenvalue weighted by atomic mass is 10.1. The monoisotopic (exact) mass is 243 g/mol. The van der Waals surface area contributed by atoms with Gasteiger partial charge in [-0.3, -0.25) is 0 Å². The van der Waals surface area contributed by atoms with Gasteiger partial charge in [0, 0.05) is 17.0 Å². The van der Waals surface area contributed by atoms with Crippen LogP contribution in [-0.2, 0) is 5.33 Å². The highest BCUT2D eigenvalue weighted by Crippen LogP contribution is 2.24. The molecule has 0 amide bonds. The molecule has 4 heteroatoms. The van der Waals surface area contributed by atoms with Crippen LogP contribution in [0.5, 0.6) is 5.75 Å². The Balaban J connectivity index is 3.28. The molecule has 0 radical (unpaired) electrons. The average Bonchev–Trinajstić information content (AvgIpc) is 2.17. The summed E-state index contributed by atoms with van der Waals surface area (Å²) in [7, 11) is 1.49. The molecule has 0 aromatic heterocycles. The minimum Gasteiger partial charge on any atom is -0.496 e. The molecule has 13 heavy (non-hydrogen) atoms. The first kappa shape index (κ1) is 10.0. The third kappa shape index (κ3) is 1.99. The van der Waals surface area contributed by atoms with Gasteiger partial charge in [-0.2, -0.15) is 5.26 Å². The summed E-state index contributed by atoms with van der Waals surface area (Å²) < 4.78 is 18.0. The van der Waals surface area contributed by atoms with Gasteiger partial charge in [0.05, 0.1) is 12.7 Å². The van der Waals surface area contributed by atoms with Gasteiger partial charge in [0.2, 0.25) is 0 Å². The Bertz CT molecular complexity index is 359. The van der Waals surface area contributed by atoms with E-state index in [-0.39, 0.29) is 5.56 Å². The van der Waals surface area contributed by atoms with E-state index in [1.54, 1.807) is 6.07 Å². The van der Waals surface area contributed by atoms with E-state index in [0.717, 1.165) is 0 Å². The summed E-state index contributed by atoms with van der Waals surface area (Å²) in [5.41, 5.74) is 0.695. The number of nitrogens with zero attached hydrogens (tertiary/aromatic N) is 1. The maximum absolute atomic E-state index is 13.1. The summed E-state index contributed by atoms with van der Waals surface area (Å²) in [4.78, 5) is 0. The van der Waals surface area contributed by atoms with Crippen LogP contribution in [0.1, 0.15) is 11.1 Å². The van der Waals surface area contributed by atoms with E-state index in [4.69, 9.17) is 10.00 Å². The second-order valence-corrected chi connectivity index (χ2v) is 2.95. The quantitative estimate of drug-likeness (QED) is 0.749. The van der Waals surface area contributed by atoms with Crippen molar-refractivity contribution in [3.05, 3.63) is 29.1 Å². The number of rotatable bonds is 2. The molecule has 0 N–H and O–H groups in total. The molecule has 0 saturated heterocycles. The third-order valence-electron chi connectivity index (χ3n) is 1.63. The predicted octanol–water partition coefficient (Wildman–Crippen LogP) is 2.60. The summed E-state index contributed by atoms with van der Waals surface area (Å²) in [5, 5.41) is 9.04. The molecule has 0 bridgehead atoms. The normalized spacial score (nSPS) is 9.38. The molecule has 0 aliphatic heterocycles. The van der Waals surface area contributed by atoms with E-state index in [2.05, 4.69) is 15.9 Å². The van der Waals surface area contributed by atoms with Crippen molar-refractivity contribution in [3.8, 4) is 11.8 Å². The number of hydrogen-bond acceptors (Lipinski definition) is 2. The number of hydrogen-bond donors (Lipinski definition) is 0. The fraction of sp³-hybridized carbons (Fsp3) is 0.222. The molecule has 0 spiro atoms. The van der Waals surface area contributed by atoms with Gasteiger partial charge >= 0.3 is 0 Å². The average molecular weight is 244 g/mol. The topological polar surface area (TPSA) is 33.0 Å². The van der Waals surface area contributed by atoms with Crippen LogP contribution in [-0.4, -0.2) is 7.11 Å². The Morgan fingerprint density at radius 2 is 2.31 bits per heavy atom.